The van der Waals surface area contributed by atoms with Gasteiger partial charge in [-0.05, 0) is 62.8 Å². The Kier molecular flexibility index (Phi) is 5.56. The lowest BCUT2D eigenvalue weighted by molar-refractivity contribution is -0.115. The summed E-state index contributed by atoms with van der Waals surface area (Å²) in [4.78, 5) is 11.8. The number of carbonyl (C=O) groups excluding carboxylic acids is 1. The second kappa shape index (κ2) is 7.41. The molecule has 1 amide bonds. The minimum Gasteiger partial charge on any atom is -0.393 e. The van der Waals surface area contributed by atoms with Gasteiger partial charge in [-0.2, -0.15) is 0 Å². The van der Waals surface area contributed by atoms with Crippen LogP contribution in [0, 0.1) is 12.8 Å². The number of carbonyl (C=O) groups is 1. The Labute approximate surface area is 120 Å². The molecule has 1 aromatic carbocycles. The van der Waals surface area contributed by atoms with Gasteiger partial charge < -0.3 is 15.7 Å². The summed E-state index contributed by atoms with van der Waals surface area (Å²) >= 11 is 0. The van der Waals surface area contributed by atoms with Crippen molar-refractivity contribution < 1.29 is 9.90 Å². The third-order valence-electron chi connectivity index (χ3n) is 3.84. The summed E-state index contributed by atoms with van der Waals surface area (Å²) in [6, 6.07) is 7.80. The molecule has 0 radical (unpaired) electrons. The maximum atomic E-state index is 11.8. The van der Waals surface area contributed by atoms with E-state index in [9.17, 15) is 9.90 Å². The minimum absolute atomic E-state index is 0.00792. The molecule has 2 rings (SSSR count). The first-order valence-corrected chi connectivity index (χ1v) is 7.39. The Morgan fingerprint density at radius 2 is 2.05 bits per heavy atom. The standard InChI is InChI=1S/C16H24N2O2/c1-12-3-2-4-14(9-12)18-16(20)11-17-10-13-5-7-15(19)8-6-13/h2-4,9,13,15,17,19H,5-8,10-11H2,1H3,(H,18,20). The summed E-state index contributed by atoms with van der Waals surface area (Å²) in [6.45, 7) is 3.20. The summed E-state index contributed by atoms with van der Waals surface area (Å²) in [6.07, 6.45) is 3.77. The zero-order chi connectivity index (χ0) is 14.4. The highest BCUT2D eigenvalue weighted by Gasteiger charge is 2.18. The Hall–Kier alpha value is -1.39. The first kappa shape index (κ1) is 15.0. The van der Waals surface area contributed by atoms with E-state index in [-0.39, 0.29) is 12.0 Å². The van der Waals surface area contributed by atoms with Gasteiger partial charge >= 0.3 is 0 Å². The molecular weight excluding hydrogens is 252 g/mol. The number of amides is 1. The van der Waals surface area contributed by atoms with Crippen molar-refractivity contribution in [2.24, 2.45) is 5.92 Å². The predicted octanol–water partition coefficient (Wildman–Crippen LogP) is 2.07. The van der Waals surface area contributed by atoms with Crippen molar-refractivity contribution in [3.63, 3.8) is 0 Å². The third kappa shape index (κ3) is 4.94. The van der Waals surface area contributed by atoms with Crippen molar-refractivity contribution >= 4 is 11.6 Å². The molecule has 20 heavy (non-hydrogen) atoms. The molecule has 0 aliphatic heterocycles. The van der Waals surface area contributed by atoms with Crippen molar-refractivity contribution in [3.8, 4) is 0 Å². The number of anilines is 1. The van der Waals surface area contributed by atoms with Gasteiger partial charge in [-0.3, -0.25) is 4.79 Å². The summed E-state index contributed by atoms with van der Waals surface area (Å²) in [5, 5.41) is 15.5. The van der Waals surface area contributed by atoms with Crippen LogP contribution in [0.5, 0.6) is 0 Å². The Morgan fingerprint density at radius 3 is 2.75 bits per heavy atom. The fourth-order valence-corrected chi connectivity index (χ4v) is 2.67. The van der Waals surface area contributed by atoms with E-state index in [1.807, 2.05) is 31.2 Å². The van der Waals surface area contributed by atoms with E-state index in [4.69, 9.17) is 0 Å². The summed E-state index contributed by atoms with van der Waals surface area (Å²) < 4.78 is 0. The molecule has 0 spiro atoms. The van der Waals surface area contributed by atoms with Crippen molar-refractivity contribution in [1.82, 2.24) is 5.32 Å². The van der Waals surface area contributed by atoms with E-state index in [0.29, 0.717) is 12.5 Å². The third-order valence-corrected chi connectivity index (χ3v) is 3.84. The van der Waals surface area contributed by atoms with Crippen LogP contribution in [-0.4, -0.2) is 30.2 Å². The molecule has 0 heterocycles. The van der Waals surface area contributed by atoms with Crippen LogP contribution in [0.4, 0.5) is 5.69 Å². The normalized spacial score (nSPS) is 22.5. The topological polar surface area (TPSA) is 61.4 Å². The highest BCUT2D eigenvalue weighted by molar-refractivity contribution is 5.92. The van der Waals surface area contributed by atoms with Gasteiger partial charge in [0.2, 0.25) is 5.91 Å². The van der Waals surface area contributed by atoms with Gasteiger partial charge in [0.15, 0.2) is 0 Å². The van der Waals surface area contributed by atoms with Gasteiger partial charge in [0.25, 0.3) is 0 Å². The number of aliphatic hydroxyl groups excluding tert-OH is 1. The molecular formula is C16H24N2O2. The van der Waals surface area contributed by atoms with Gasteiger partial charge in [-0.25, -0.2) is 0 Å². The van der Waals surface area contributed by atoms with Crippen LogP contribution < -0.4 is 10.6 Å². The van der Waals surface area contributed by atoms with Crippen molar-refractivity contribution in [2.75, 3.05) is 18.4 Å². The molecule has 0 atom stereocenters. The zero-order valence-electron chi connectivity index (χ0n) is 12.1. The van der Waals surface area contributed by atoms with E-state index in [1.54, 1.807) is 0 Å². The van der Waals surface area contributed by atoms with Gasteiger partial charge in [0.05, 0.1) is 12.6 Å². The second-order valence-electron chi connectivity index (χ2n) is 5.72. The zero-order valence-corrected chi connectivity index (χ0v) is 12.1. The van der Waals surface area contributed by atoms with Crippen molar-refractivity contribution in [2.45, 2.75) is 38.7 Å². The van der Waals surface area contributed by atoms with Crippen LogP contribution in [0.15, 0.2) is 24.3 Å². The van der Waals surface area contributed by atoms with Crippen LogP contribution in [0.2, 0.25) is 0 Å². The second-order valence-corrected chi connectivity index (χ2v) is 5.72. The molecule has 4 heteroatoms. The number of aryl methyl sites for hydroxylation is 1. The lowest BCUT2D eigenvalue weighted by Crippen LogP contribution is -2.33. The number of hydrogen-bond acceptors (Lipinski definition) is 3. The molecule has 0 aromatic heterocycles. The Morgan fingerprint density at radius 1 is 1.30 bits per heavy atom. The molecule has 3 N–H and O–H groups in total. The molecule has 0 saturated heterocycles. The van der Waals surface area contributed by atoms with Gasteiger partial charge in [-0.1, -0.05) is 12.1 Å². The van der Waals surface area contributed by atoms with E-state index in [0.717, 1.165) is 43.5 Å². The fourth-order valence-electron chi connectivity index (χ4n) is 2.67. The molecule has 1 aliphatic carbocycles. The summed E-state index contributed by atoms with van der Waals surface area (Å²) in [5.74, 6) is 0.580. The summed E-state index contributed by atoms with van der Waals surface area (Å²) in [7, 11) is 0. The molecule has 1 aromatic rings. The molecule has 0 bridgehead atoms. The highest BCUT2D eigenvalue weighted by atomic mass is 16.3. The average molecular weight is 276 g/mol. The first-order valence-electron chi connectivity index (χ1n) is 7.39. The maximum Gasteiger partial charge on any atom is 0.238 e. The van der Waals surface area contributed by atoms with Gasteiger partial charge in [0.1, 0.15) is 0 Å². The number of aliphatic hydroxyl groups is 1. The van der Waals surface area contributed by atoms with E-state index < -0.39 is 0 Å². The SMILES string of the molecule is Cc1cccc(NC(=O)CNCC2CCC(O)CC2)c1. The lowest BCUT2D eigenvalue weighted by atomic mass is 9.87. The molecule has 1 fully saturated rings. The predicted molar refractivity (Wildman–Crippen MR) is 80.6 cm³/mol. The van der Waals surface area contributed by atoms with Crippen LogP contribution in [-0.2, 0) is 4.79 Å². The van der Waals surface area contributed by atoms with Crippen LogP contribution in [0.25, 0.3) is 0 Å². The van der Waals surface area contributed by atoms with Crippen LogP contribution in [0.1, 0.15) is 31.2 Å². The molecule has 4 nitrogen and oxygen atoms in total. The quantitative estimate of drug-likeness (QED) is 0.771. The first-order chi connectivity index (χ1) is 9.63. The Bertz CT molecular complexity index is 440. The van der Waals surface area contributed by atoms with Crippen molar-refractivity contribution in [3.05, 3.63) is 29.8 Å². The monoisotopic (exact) mass is 276 g/mol. The number of benzene rings is 1. The average Bonchev–Trinajstić information content (AvgIpc) is 2.41. The van der Waals surface area contributed by atoms with E-state index in [2.05, 4.69) is 10.6 Å². The fraction of sp³-hybridized carbons (Fsp3) is 0.562. The minimum atomic E-state index is -0.115. The van der Waals surface area contributed by atoms with Crippen LogP contribution >= 0.6 is 0 Å². The lowest BCUT2D eigenvalue weighted by Gasteiger charge is -2.25. The molecule has 110 valence electrons. The van der Waals surface area contributed by atoms with E-state index in [1.165, 1.54) is 0 Å². The highest BCUT2D eigenvalue weighted by Crippen LogP contribution is 2.23. The van der Waals surface area contributed by atoms with Gasteiger partial charge in [0, 0.05) is 5.69 Å². The smallest absolute Gasteiger partial charge is 0.238 e. The van der Waals surface area contributed by atoms with Gasteiger partial charge in [-0.15, -0.1) is 0 Å². The maximum absolute atomic E-state index is 11.8. The van der Waals surface area contributed by atoms with Crippen LogP contribution in [0.3, 0.4) is 0 Å². The summed E-state index contributed by atoms with van der Waals surface area (Å²) in [5.41, 5.74) is 1.98. The van der Waals surface area contributed by atoms with Crippen molar-refractivity contribution in [1.29, 1.82) is 0 Å². The van der Waals surface area contributed by atoms with E-state index >= 15 is 0 Å². The molecule has 0 unspecified atom stereocenters. The number of rotatable bonds is 5. The number of nitrogens with one attached hydrogen (secondary N) is 2. The molecule has 1 aliphatic rings. The number of hydrogen-bond donors (Lipinski definition) is 3. The largest absolute Gasteiger partial charge is 0.393 e. The molecule has 1 saturated carbocycles. The Balaban J connectivity index is 1.65.